The molecule has 1 heterocycles. The quantitative estimate of drug-likeness (QED) is 0.659. The zero-order valence-electron chi connectivity index (χ0n) is 11.7. The molecule has 1 aliphatic rings. The van der Waals surface area contributed by atoms with E-state index in [4.69, 9.17) is 4.74 Å². The Balaban J connectivity index is 0.00000242. The van der Waals surface area contributed by atoms with Gasteiger partial charge < -0.3 is 10.1 Å². The number of carbonyl (C=O) groups excluding carboxylic acids is 1. The van der Waals surface area contributed by atoms with Crippen molar-refractivity contribution in [2.45, 2.75) is 38.1 Å². The van der Waals surface area contributed by atoms with Crippen LogP contribution in [0.15, 0.2) is 18.2 Å². The highest BCUT2D eigenvalue weighted by Gasteiger charge is 2.32. The number of benzene rings is 1. The maximum Gasteiger partial charge on any atom is 0.416 e. The highest BCUT2D eigenvalue weighted by molar-refractivity contribution is 5.85. The van der Waals surface area contributed by atoms with E-state index in [2.05, 4.69) is 5.32 Å². The normalized spacial score (nSPS) is 21.9. The first-order chi connectivity index (χ1) is 9.77. The van der Waals surface area contributed by atoms with Crippen LogP contribution in [0.5, 0.6) is 0 Å². The van der Waals surface area contributed by atoms with E-state index in [-0.39, 0.29) is 24.1 Å². The first-order valence-corrected chi connectivity index (χ1v) is 6.54. The van der Waals surface area contributed by atoms with Crippen LogP contribution in [-0.2, 0) is 15.7 Å². The topological polar surface area (TPSA) is 38.3 Å². The number of alkyl halides is 3. The lowest BCUT2D eigenvalue weighted by molar-refractivity contribution is -0.148. The van der Waals surface area contributed by atoms with Crippen molar-refractivity contribution in [2.75, 3.05) is 6.54 Å². The molecule has 0 aliphatic carbocycles. The van der Waals surface area contributed by atoms with Crippen molar-refractivity contribution in [3.8, 4) is 0 Å². The number of esters is 1. The van der Waals surface area contributed by atoms with Gasteiger partial charge in [0.2, 0.25) is 0 Å². The molecule has 22 heavy (non-hydrogen) atoms. The molecule has 1 fully saturated rings. The Kier molecular flexibility index (Phi) is 6.19. The van der Waals surface area contributed by atoms with Crippen molar-refractivity contribution in [3.05, 3.63) is 35.1 Å². The molecule has 0 amide bonds. The van der Waals surface area contributed by atoms with Gasteiger partial charge in [0.15, 0.2) is 0 Å². The molecule has 1 N–H and O–H groups in total. The Hall–Kier alpha value is -1.34. The minimum atomic E-state index is -4.57. The summed E-state index contributed by atoms with van der Waals surface area (Å²) < 4.78 is 56.5. The lowest BCUT2D eigenvalue weighted by Crippen LogP contribution is -2.36. The average molecular weight is 342 g/mol. The second-order valence-electron chi connectivity index (χ2n) is 5.00. The van der Waals surface area contributed by atoms with E-state index in [1.165, 1.54) is 6.92 Å². The molecular formula is C14H16ClF4NO2. The number of hydrogen-bond acceptors (Lipinski definition) is 3. The molecule has 2 rings (SSSR count). The van der Waals surface area contributed by atoms with Crippen LogP contribution in [0.1, 0.15) is 36.9 Å². The highest BCUT2D eigenvalue weighted by atomic mass is 35.5. The first-order valence-electron chi connectivity index (χ1n) is 6.54. The Bertz CT molecular complexity index is 536. The van der Waals surface area contributed by atoms with Crippen molar-refractivity contribution in [1.29, 1.82) is 0 Å². The molecule has 1 aromatic carbocycles. The molecule has 0 spiro atoms. The van der Waals surface area contributed by atoms with Crippen molar-refractivity contribution in [1.82, 2.24) is 5.32 Å². The number of piperidine rings is 1. The number of rotatable bonds is 2. The minimum Gasteiger partial charge on any atom is -0.462 e. The van der Waals surface area contributed by atoms with E-state index in [9.17, 15) is 22.4 Å². The van der Waals surface area contributed by atoms with Crippen LogP contribution < -0.4 is 5.32 Å². The van der Waals surface area contributed by atoms with Gasteiger partial charge in [0.1, 0.15) is 11.9 Å². The Morgan fingerprint density at radius 2 is 2.05 bits per heavy atom. The molecule has 1 aromatic rings. The van der Waals surface area contributed by atoms with Gasteiger partial charge in [-0.1, -0.05) is 6.07 Å². The zero-order valence-corrected chi connectivity index (χ0v) is 12.6. The van der Waals surface area contributed by atoms with Crippen LogP contribution in [0, 0.1) is 5.82 Å². The van der Waals surface area contributed by atoms with E-state index in [1.54, 1.807) is 0 Å². The number of nitrogens with one attached hydrogen (secondary N) is 1. The third kappa shape index (κ3) is 4.58. The third-order valence-electron chi connectivity index (χ3n) is 3.39. The van der Waals surface area contributed by atoms with Gasteiger partial charge in [-0.05, 0) is 25.1 Å². The molecule has 2 unspecified atom stereocenters. The smallest absolute Gasteiger partial charge is 0.416 e. The SMILES string of the molecule is CC(=O)OC1CCNC(c2ccc(C(F)(F)F)cc2F)C1.Cl. The van der Waals surface area contributed by atoms with E-state index in [0.717, 1.165) is 12.1 Å². The lowest BCUT2D eigenvalue weighted by Gasteiger charge is -2.30. The Morgan fingerprint density at radius 1 is 1.36 bits per heavy atom. The largest absolute Gasteiger partial charge is 0.462 e. The van der Waals surface area contributed by atoms with E-state index >= 15 is 0 Å². The summed E-state index contributed by atoms with van der Waals surface area (Å²) >= 11 is 0. The summed E-state index contributed by atoms with van der Waals surface area (Å²) in [6.07, 6.45) is -3.99. The predicted molar refractivity (Wildman–Crippen MR) is 74.2 cm³/mol. The van der Waals surface area contributed by atoms with Crippen LogP contribution in [0.25, 0.3) is 0 Å². The van der Waals surface area contributed by atoms with Crippen LogP contribution in [-0.4, -0.2) is 18.6 Å². The predicted octanol–water partition coefficient (Wildman–Crippen LogP) is 3.62. The monoisotopic (exact) mass is 341 g/mol. The summed E-state index contributed by atoms with van der Waals surface area (Å²) in [5.41, 5.74) is -0.865. The van der Waals surface area contributed by atoms with Crippen LogP contribution >= 0.6 is 12.4 Å². The maximum absolute atomic E-state index is 13.9. The van der Waals surface area contributed by atoms with Gasteiger partial charge in [0.25, 0.3) is 0 Å². The van der Waals surface area contributed by atoms with Gasteiger partial charge >= 0.3 is 12.1 Å². The van der Waals surface area contributed by atoms with Crippen LogP contribution in [0.4, 0.5) is 17.6 Å². The Labute approximate surface area is 131 Å². The van der Waals surface area contributed by atoms with Crippen LogP contribution in [0.3, 0.4) is 0 Å². The molecule has 2 atom stereocenters. The molecule has 8 heteroatoms. The Morgan fingerprint density at radius 3 is 2.59 bits per heavy atom. The number of hydrogen-bond donors (Lipinski definition) is 1. The standard InChI is InChI=1S/C14H15F4NO2.ClH/c1-8(20)21-10-4-5-19-13(7-10)11-3-2-9(6-12(11)15)14(16,17)18;/h2-3,6,10,13,19H,4-5,7H2,1H3;1H. The first kappa shape index (κ1) is 18.7. The van der Waals surface area contributed by atoms with Gasteiger partial charge in [-0.2, -0.15) is 13.2 Å². The van der Waals surface area contributed by atoms with Crippen molar-refractivity contribution in [2.24, 2.45) is 0 Å². The summed E-state index contributed by atoms with van der Waals surface area (Å²) in [5.74, 6) is -1.33. The minimum absolute atomic E-state index is 0. The molecule has 0 saturated carbocycles. The summed E-state index contributed by atoms with van der Waals surface area (Å²) in [4.78, 5) is 10.9. The second kappa shape index (κ2) is 7.28. The number of ether oxygens (including phenoxy) is 1. The molecule has 0 bridgehead atoms. The second-order valence-corrected chi connectivity index (χ2v) is 5.00. The van der Waals surface area contributed by atoms with Gasteiger partial charge in [-0.15, -0.1) is 12.4 Å². The average Bonchev–Trinajstić information content (AvgIpc) is 2.37. The van der Waals surface area contributed by atoms with Crippen LogP contribution in [0.2, 0.25) is 0 Å². The lowest BCUT2D eigenvalue weighted by atomic mass is 9.94. The zero-order chi connectivity index (χ0) is 15.6. The number of carbonyl (C=O) groups is 1. The van der Waals surface area contributed by atoms with Crippen molar-refractivity contribution < 1.29 is 27.1 Å². The third-order valence-corrected chi connectivity index (χ3v) is 3.39. The molecule has 124 valence electrons. The maximum atomic E-state index is 13.9. The molecule has 0 radical (unpaired) electrons. The molecule has 1 saturated heterocycles. The van der Waals surface area contributed by atoms with Gasteiger partial charge in [0.05, 0.1) is 5.56 Å². The molecule has 0 aromatic heterocycles. The number of halogens is 5. The van der Waals surface area contributed by atoms with Gasteiger partial charge in [-0.25, -0.2) is 4.39 Å². The summed E-state index contributed by atoms with van der Waals surface area (Å²) in [6, 6.07) is 2.01. The van der Waals surface area contributed by atoms with Gasteiger partial charge in [0, 0.05) is 24.9 Å². The van der Waals surface area contributed by atoms with E-state index in [0.29, 0.717) is 25.5 Å². The van der Waals surface area contributed by atoms with Crippen molar-refractivity contribution in [3.63, 3.8) is 0 Å². The summed E-state index contributed by atoms with van der Waals surface area (Å²) in [6.45, 7) is 1.79. The molecular weight excluding hydrogens is 326 g/mol. The van der Waals surface area contributed by atoms with E-state index in [1.807, 2.05) is 0 Å². The van der Waals surface area contributed by atoms with Crippen molar-refractivity contribution >= 4 is 18.4 Å². The molecule has 3 nitrogen and oxygen atoms in total. The van der Waals surface area contributed by atoms with Gasteiger partial charge in [-0.3, -0.25) is 4.79 Å². The fourth-order valence-corrected chi connectivity index (χ4v) is 2.45. The van der Waals surface area contributed by atoms with E-state index < -0.39 is 29.6 Å². The fraction of sp³-hybridized carbons (Fsp3) is 0.500. The fourth-order valence-electron chi connectivity index (χ4n) is 2.45. The highest BCUT2D eigenvalue weighted by Crippen LogP contribution is 2.33. The summed E-state index contributed by atoms with van der Waals surface area (Å²) in [5, 5.41) is 3.03. The molecule has 1 aliphatic heterocycles. The summed E-state index contributed by atoms with van der Waals surface area (Å²) in [7, 11) is 0.